The molecule has 27 heavy (non-hydrogen) atoms. The molecule has 0 spiro atoms. The monoisotopic (exact) mass is 363 g/mol. The van der Waals surface area contributed by atoms with Gasteiger partial charge in [0.1, 0.15) is 0 Å². The summed E-state index contributed by atoms with van der Waals surface area (Å²) in [5, 5.41) is 3.24. The van der Waals surface area contributed by atoms with Gasteiger partial charge in [-0.1, -0.05) is 18.2 Å². The highest BCUT2D eigenvalue weighted by Gasteiger charge is 2.14. The van der Waals surface area contributed by atoms with Crippen molar-refractivity contribution in [2.45, 2.75) is 0 Å². The molecule has 3 aromatic rings. The molecule has 1 aromatic heterocycles. The lowest BCUT2D eigenvalue weighted by Gasteiger charge is -2.17. The molecule has 3 rings (SSSR count). The van der Waals surface area contributed by atoms with Crippen LogP contribution in [0.5, 0.6) is 11.5 Å². The van der Waals surface area contributed by atoms with Crippen LogP contribution < -0.4 is 19.7 Å². The fraction of sp³-hybridized carbons (Fsp3) is 0.143. The summed E-state index contributed by atoms with van der Waals surface area (Å²) >= 11 is 0. The van der Waals surface area contributed by atoms with Crippen LogP contribution in [0.2, 0.25) is 0 Å². The number of anilines is 3. The summed E-state index contributed by atoms with van der Waals surface area (Å²) < 4.78 is 10.6. The van der Waals surface area contributed by atoms with E-state index in [9.17, 15) is 4.79 Å². The van der Waals surface area contributed by atoms with E-state index in [-0.39, 0.29) is 5.91 Å². The molecule has 0 saturated carbocycles. The van der Waals surface area contributed by atoms with Crippen LogP contribution in [-0.2, 0) is 0 Å². The summed E-state index contributed by atoms with van der Waals surface area (Å²) in [4.78, 5) is 18.5. The number of nitrogens with one attached hydrogen (secondary N) is 1. The van der Waals surface area contributed by atoms with Gasteiger partial charge in [-0.15, -0.1) is 0 Å². The van der Waals surface area contributed by atoms with Crippen molar-refractivity contribution < 1.29 is 14.3 Å². The summed E-state index contributed by atoms with van der Waals surface area (Å²) in [6.45, 7) is 0. The highest BCUT2D eigenvalue weighted by molar-refractivity contribution is 6.06. The lowest BCUT2D eigenvalue weighted by molar-refractivity contribution is 0.0992. The van der Waals surface area contributed by atoms with E-state index >= 15 is 0 Å². The van der Waals surface area contributed by atoms with Crippen molar-refractivity contribution in [3.8, 4) is 11.5 Å². The smallest absolute Gasteiger partial charge is 0.259 e. The molecule has 1 N–H and O–H groups in total. The van der Waals surface area contributed by atoms with Crippen molar-refractivity contribution in [2.75, 3.05) is 31.5 Å². The Morgan fingerprint density at radius 2 is 1.67 bits per heavy atom. The van der Waals surface area contributed by atoms with Crippen molar-refractivity contribution in [2.24, 2.45) is 0 Å². The van der Waals surface area contributed by atoms with Gasteiger partial charge in [0.05, 0.1) is 31.7 Å². The zero-order valence-corrected chi connectivity index (χ0v) is 15.5. The van der Waals surface area contributed by atoms with E-state index in [2.05, 4.69) is 10.3 Å². The number of carbonyl (C=O) groups is 1. The zero-order chi connectivity index (χ0) is 19.2. The first-order chi connectivity index (χ1) is 13.1. The molecule has 0 aliphatic heterocycles. The summed E-state index contributed by atoms with van der Waals surface area (Å²) in [6, 6.07) is 16.7. The first kappa shape index (κ1) is 18.3. The number of amides is 1. The molecule has 2 aromatic carbocycles. The number of para-hydroxylation sites is 1. The maximum absolute atomic E-state index is 12.8. The second-order valence-electron chi connectivity index (χ2n) is 5.86. The normalized spacial score (nSPS) is 10.2. The van der Waals surface area contributed by atoms with E-state index in [1.165, 1.54) is 0 Å². The number of methoxy groups -OCH3 is 2. The van der Waals surface area contributed by atoms with Crippen molar-refractivity contribution in [3.05, 3.63) is 72.6 Å². The molecule has 0 fully saturated rings. The van der Waals surface area contributed by atoms with Crippen LogP contribution in [-0.4, -0.2) is 32.2 Å². The van der Waals surface area contributed by atoms with Gasteiger partial charge in [0.2, 0.25) is 0 Å². The number of hydrogen-bond acceptors (Lipinski definition) is 5. The molecule has 6 heteroatoms. The molecule has 0 aliphatic rings. The number of carbonyl (C=O) groups excluding carboxylic acids is 1. The average Bonchev–Trinajstić information content (AvgIpc) is 2.73. The van der Waals surface area contributed by atoms with Gasteiger partial charge in [-0.3, -0.25) is 9.78 Å². The Morgan fingerprint density at radius 3 is 2.37 bits per heavy atom. The van der Waals surface area contributed by atoms with E-state index in [1.54, 1.807) is 44.6 Å². The lowest BCUT2D eigenvalue weighted by atomic mass is 10.2. The third kappa shape index (κ3) is 4.17. The van der Waals surface area contributed by atoms with Gasteiger partial charge >= 0.3 is 0 Å². The predicted octanol–water partition coefficient (Wildman–Crippen LogP) is 4.12. The molecule has 0 saturated heterocycles. The molecular weight excluding hydrogens is 342 g/mol. The van der Waals surface area contributed by atoms with E-state index in [0.29, 0.717) is 22.7 Å². The molecule has 1 amide bonds. The topological polar surface area (TPSA) is 63.7 Å². The summed E-state index contributed by atoms with van der Waals surface area (Å²) in [7, 11) is 4.92. The molecule has 6 nitrogen and oxygen atoms in total. The lowest BCUT2D eigenvalue weighted by Crippen LogP contribution is -2.26. The van der Waals surface area contributed by atoms with Gasteiger partial charge in [-0.25, -0.2) is 0 Å². The Balaban J connectivity index is 1.80. The molecule has 0 radical (unpaired) electrons. The van der Waals surface area contributed by atoms with Gasteiger partial charge < -0.3 is 19.7 Å². The second kappa shape index (κ2) is 8.23. The Hall–Kier alpha value is -3.54. The molecule has 0 bridgehead atoms. The van der Waals surface area contributed by atoms with Gasteiger partial charge in [-0.05, 0) is 30.3 Å². The Bertz CT molecular complexity index is 929. The quantitative estimate of drug-likeness (QED) is 0.714. The first-order valence-electron chi connectivity index (χ1n) is 8.39. The number of nitrogens with zero attached hydrogens (tertiary/aromatic N) is 2. The third-order valence-electron chi connectivity index (χ3n) is 4.11. The minimum atomic E-state index is -0.135. The van der Waals surface area contributed by atoms with Crippen LogP contribution in [0.4, 0.5) is 17.1 Å². The Morgan fingerprint density at radius 1 is 0.926 bits per heavy atom. The van der Waals surface area contributed by atoms with Crippen molar-refractivity contribution in [1.82, 2.24) is 4.98 Å². The standard InChI is InChI=1S/C21H21N3O3/c1-24(18-7-5-4-6-8-18)21(25)15-11-17(14-22-13-15)23-16-9-10-19(26-2)20(12-16)27-3/h4-14,23H,1-3H3. The van der Waals surface area contributed by atoms with E-state index in [4.69, 9.17) is 9.47 Å². The molecule has 138 valence electrons. The fourth-order valence-electron chi connectivity index (χ4n) is 2.67. The van der Waals surface area contributed by atoms with Crippen molar-refractivity contribution in [3.63, 3.8) is 0 Å². The second-order valence-corrected chi connectivity index (χ2v) is 5.86. The van der Waals surface area contributed by atoms with E-state index < -0.39 is 0 Å². The fourth-order valence-corrected chi connectivity index (χ4v) is 2.67. The molecule has 0 atom stereocenters. The number of ether oxygens (including phenoxy) is 2. The van der Waals surface area contributed by atoms with Crippen molar-refractivity contribution in [1.29, 1.82) is 0 Å². The molecule has 1 heterocycles. The number of rotatable bonds is 6. The van der Waals surface area contributed by atoms with Crippen LogP contribution >= 0.6 is 0 Å². The number of hydrogen-bond donors (Lipinski definition) is 1. The Labute approximate surface area is 158 Å². The molecule has 0 aliphatic carbocycles. The van der Waals surface area contributed by atoms with E-state index in [1.807, 2.05) is 48.5 Å². The van der Waals surface area contributed by atoms with Gasteiger partial charge in [0.15, 0.2) is 11.5 Å². The number of aromatic nitrogens is 1. The van der Waals surface area contributed by atoms with Crippen LogP contribution in [0, 0.1) is 0 Å². The number of benzene rings is 2. The largest absolute Gasteiger partial charge is 0.493 e. The van der Waals surface area contributed by atoms with Crippen LogP contribution in [0.1, 0.15) is 10.4 Å². The SMILES string of the molecule is COc1ccc(Nc2cncc(C(=O)N(C)c3ccccc3)c2)cc1OC. The zero-order valence-electron chi connectivity index (χ0n) is 15.5. The predicted molar refractivity (Wildman–Crippen MR) is 106 cm³/mol. The van der Waals surface area contributed by atoms with Gasteiger partial charge in [0.25, 0.3) is 5.91 Å². The highest BCUT2D eigenvalue weighted by Crippen LogP contribution is 2.31. The highest BCUT2D eigenvalue weighted by atomic mass is 16.5. The van der Waals surface area contributed by atoms with Gasteiger partial charge in [0, 0.05) is 30.7 Å². The average molecular weight is 363 g/mol. The third-order valence-corrected chi connectivity index (χ3v) is 4.11. The van der Waals surface area contributed by atoms with Crippen molar-refractivity contribution >= 4 is 23.0 Å². The van der Waals surface area contributed by atoms with Crippen LogP contribution in [0.15, 0.2) is 67.0 Å². The molecule has 0 unspecified atom stereocenters. The van der Waals surface area contributed by atoms with E-state index in [0.717, 1.165) is 11.4 Å². The summed E-state index contributed by atoms with van der Waals surface area (Å²) in [5.74, 6) is 1.13. The first-order valence-corrected chi connectivity index (χ1v) is 8.39. The summed E-state index contributed by atoms with van der Waals surface area (Å²) in [6.07, 6.45) is 3.22. The molecular formula is C21H21N3O3. The maximum atomic E-state index is 12.8. The minimum absolute atomic E-state index is 0.135. The summed E-state index contributed by atoms with van der Waals surface area (Å²) in [5.41, 5.74) is 2.82. The Kier molecular flexibility index (Phi) is 5.56. The van der Waals surface area contributed by atoms with Crippen LogP contribution in [0.25, 0.3) is 0 Å². The van der Waals surface area contributed by atoms with Crippen LogP contribution in [0.3, 0.4) is 0 Å². The number of pyridine rings is 1. The van der Waals surface area contributed by atoms with Gasteiger partial charge in [-0.2, -0.15) is 0 Å². The minimum Gasteiger partial charge on any atom is -0.493 e. The maximum Gasteiger partial charge on any atom is 0.259 e.